The van der Waals surface area contributed by atoms with E-state index in [1.807, 2.05) is 7.05 Å². The van der Waals surface area contributed by atoms with E-state index in [1.54, 1.807) is 30.3 Å². The van der Waals surface area contributed by atoms with E-state index in [0.29, 0.717) is 12.1 Å². The van der Waals surface area contributed by atoms with E-state index in [4.69, 9.17) is 0 Å². The lowest BCUT2D eigenvalue weighted by atomic mass is 10.2. The molecular weight excluding hydrogens is 331 g/mol. The van der Waals surface area contributed by atoms with Crippen molar-refractivity contribution in [2.24, 2.45) is 0 Å². The van der Waals surface area contributed by atoms with Crippen LogP contribution in [0.15, 0.2) is 36.4 Å². The highest BCUT2D eigenvalue weighted by Crippen LogP contribution is 2.30. The van der Waals surface area contributed by atoms with Crippen LogP contribution in [0.2, 0.25) is 0 Å². The van der Waals surface area contributed by atoms with Gasteiger partial charge < -0.3 is 10.6 Å². The highest BCUT2D eigenvalue weighted by atomic mass is 19.4. The number of halogens is 3. The molecule has 25 heavy (non-hydrogen) atoms. The van der Waals surface area contributed by atoms with Gasteiger partial charge in [-0.15, -0.1) is 0 Å². The Labute approximate surface area is 144 Å². The summed E-state index contributed by atoms with van der Waals surface area (Å²) in [6, 6.07) is 9.82. The molecule has 0 spiro atoms. The van der Waals surface area contributed by atoms with Gasteiger partial charge in [-0.2, -0.15) is 13.2 Å². The Bertz CT molecular complexity index is 705. The smallest absolute Gasteiger partial charge is 0.368 e. The highest BCUT2D eigenvalue weighted by Gasteiger charge is 2.34. The first kappa shape index (κ1) is 17.6. The summed E-state index contributed by atoms with van der Waals surface area (Å²) in [6.45, 7) is 3.11. The first-order valence-corrected chi connectivity index (χ1v) is 8.10. The van der Waals surface area contributed by atoms with E-state index >= 15 is 0 Å². The molecular formula is C17H20F3N5. The van der Waals surface area contributed by atoms with Crippen LogP contribution in [-0.2, 0) is 6.18 Å². The predicted octanol–water partition coefficient (Wildman–Crippen LogP) is 2.48. The van der Waals surface area contributed by atoms with Gasteiger partial charge in [0.1, 0.15) is 5.82 Å². The zero-order valence-corrected chi connectivity index (χ0v) is 13.8. The van der Waals surface area contributed by atoms with Gasteiger partial charge >= 0.3 is 6.18 Å². The number of nitrogens with zero attached hydrogens (tertiary/aromatic N) is 3. The van der Waals surface area contributed by atoms with Crippen LogP contribution in [0.4, 0.5) is 19.0 Å². The highest BCUT2D eigenvalue weighted by molar-refractivity contribution is 5.57. The number of rotatable bonds is 4. The third-order valence-electron chi connectivity index (χ3n) is 4.21. The fourth-order valence-corrected chi connectivity index (χ4v) is 2.71. The average Bonchev–Trinajstić information content (AvgIpc) is 2.61. The van der Waals surface area contributed by atoms with Crippen LogP contribution in [0.3, 0.4) is 0 Å². The molecule has 0 bridgehead atoms. The molecule has 1 aromatic carbocycles. The van der Waals surface area contributed by atoms with Crippen molar-refractivity contribution in [2.75, 3.05) is 38.5 Å². The van der Waals surface area contributed by atoms with E-state index < -0.39 is 11.9 Å². The van der Waals surface area contributed by atoms with E-state index in [0.717, 1.165) is 25.7 Å². The quantitative estimate of drug-likeness (QED) is 0.886. The Morgan fingerprint density at radius 2 is 2.00 bits per heavy atom. The number of aromatic nitrogens is 2. The molecule has 1 unspecified atom stereocenters. The second-order valence-corrected chi connectivity index (χ2v) is 6.05. The van der Waals surface area contributed by atoms with Crippen molar-refractivity contribution in [3.63, 3.8) is 0 Å². The maximum absolute atomic E-state index is 13.2. The van der Waals surface area contributed by atoms with E-state index in [1.165, 1.54) is 0 Å². The van der Waals surface area contributed by atoms with Gasteiger partial charge in [0.2, 0.25) is 0 Å². The molecule has 1 aromatic heterocycles. The summed E-state index contributed by atoms with van der Waals surface area (Å²) in [5.74, 6) is 0.244. The van der Waals surface area contributed by atoms with Crippen LogP contribution >= 0.6 is 0 Å². The molecule has 1 aliphatic rings. The van der Waals surface area contributed by atoms with Crippen LogP contribution < -0.4 is 10.6 Å². The number of anilines is 1. The number of benzene rings is 1. The minimum Gasteiger partial charge on any atom is -0.368 e. The van der Waals surface area contributed by atoms with E-state index in [2.05, 4.69) is 25.5 Å². The maximum atomic E-state index is 13.2. The number of nitrogens with one attached hydrogen (secondary N) is 2. The predicted molar refractivity (Wildman–Crippen MR) is 90.2 cm³/mol. The summed E-state index contributed by atoms with van der Waals surface area (Å²) in [7, 11) is 2.00. The summed E-state index contributed by atoms with van der Waals surface area (Å²) in [6.07, 6.45) is -4.52. The monoisotopic (exact) mass is 351 g/mol. The van der Waals surface area contributed by atoms with Crippen molar-refractivity contribution >= 4 is 5.82 Å². The van der Waals surface area contributed by atoms with Crippen LogP contribution in [0.5, 0.6) is 0 Å². The summed E-state index contributed by atoms with van der Waals surface area (Å²) < 4.78 is 39.6. The lowest BCUT2D eigenvalue weighted by molar-refractivity contribution is -0.141. The van der Waals surface area contributed by atoms with Crippen molar-refractivity contribution < 1.29 is 13.2 Å². The fraction of sp³-hybridized carbons (Fsp3) is 0.412. The Morgan fingerprint density at radius 3 is 2.68 bits per heavy atom. The maximum Gasteiger partial charge on any atom is 0.433 e. The first-order chi connectivity index (χ1) is 11.9. The Kier molecular flexibility index (Phi) is 5.19. The van der Waals surface area contributed by atoms with Crippen molar-refractivity contribution in [1.82, 2.24) is 20.2 Å². The van der Waals surface area contributed by atoms with Gasteiger partial charge in [0.25, 0.3) is 0 Å². The zero-order valence-electron chi connectivity index (χ0n) is 13.8. The SMILES string of the molecule is CN1CCNCC1CNc1cc(C(F)(F)F)nc(-c2ccccc2)n1. The largest absolute Gasteiger partial charge is 0.433 e. The van der Waals surface area contributed by atoms with Crippen molar-refractivity contribution in [1.29, 1.82) is 0 Å². The molecule has 0 aliphatic carbocycles. The lowest BCUT2D eigenvalue weighted by Gasteiger charge is -2.33. The molecule has 3 rings (SSSR count). The van der Waals surface area contributed by atoms with Crippen molar-refractivity contribution in [3.05, 3.63) is 42.1 Å². The van der Waals surface area contributed by atoms with Crippen LogP contribution in [0.1, 0.15) is 5.69 Å². The van der Waals surface area contributed by atoms with Crippen LogP contribution in [0, 0.1) is 0 Å². The molecule has 1 atom stereocenters. The Morgan fingerprint density at radius 1 is 1.24 bits per heavy atom. The Hall–Kier alpha value is -2.19. The molecule has 8 heteroatoms. The van der Waals surface area contributed by atoms with Gasteiger partial charge in [-0.1, -0.05) is 30.3 Å². The molecule has 2 N–H and O–H groups in total. The van der Waals surface area contributed by atoms with E-state index in [9.17, 15) is 13.2 Å². The summed E-state index contributed by atoms with van der Waals surface area (Å²) in [5.41, 5.74) is -0.396. The second kappa shape index (κ2) is 7.37. The molecule has 1 fully saturated rings. The zero-order chi connectivity index (χ0) is 17.9. The molecule has 0 amide bonds. The second-order valence-electron chi connectivity index (χ2n) is 6.05. The number of alkyl halides is 3. The molecule has 0 saturated carbocycles. The first-order valence-electron chi connectivity index (χ1n) is 8.10. The van der Waals surface area contributed by atoms with Gasteiger partial charge in [-0.25, -0.2) is 9.97 Å². The van der Waals surface area contributed by atoms with E-state index in [-0.39, 0.29) is 17.7 Å². The summed E-state index contributed by atoms with van der Waals surface area (Å²) in [5, 5.41) is 6.31. The molecule has 134 valence electrons. The molecule has 0 radical (unpaired) electrons. The van der Waals surface area contributed by atoms with Crippen molar-refractivity contribution in [2.45, 2.75) is 12.2 Å². The standard InChI is InChI=1S/C17H20F3N5/c1-25-8-7-21-10-13(25)11-22-15-9-14(17(18,19)20)23-16(24-15)12-5-3-2-4-6-12/h2-6,9,13,21H,7-8,10-11H2,1H3,(H,22,23,24). The molecule has 1 saturated heterocycles. The number of hydrogen-bond donors (Lipinski definition) is 2. The van der Waals surface area contributed by atoms with Crippen molar-refractivity contribution in [3.8, 4) is 11.4 Å². The third-order valence-corrected chi connectivity index (χ3v) is 4.21. The topological polar surface area (TPSA) is 53.1 Å². The Balaban J connectivity index is 1.85. The van der Waals surface area contributed by atoms with Crippen LogP contribution in [0.25, 0.3) is 11.4 Å². The fourth-order valence-electron chi connectivity index (χ4n) is 2.71. The lowest BCUT2D eigenvalue weighted by Crippen LogP contribution is -2.52. The molecule has 5 nitrogen and oxygen atoms in total. The number of likely N-dealkylation sites (N-methyl/N-ethyl adjacent to an activating group) is 1. The molecule has 2 aromatic rings. The molecule has 1 aliphatic heterocycles. The number of piperazine rings is 1. The van der Waals surface area contributed by atoms with Gasteiger partial charge in [0, 0.05) is 43.9 Å². The normalized spacial score (nSPS) is 19.0. The third kappa shape index (κ3) is 4.46. The number of hydrogen-bond acceptors (Lipinski definition) is 5. The van der Waals surface area contributed by atoms with Gasteiger partial charge in [-0.3, -0.25) is 4.90 Å². The van der Waals surface area contributed by atoms with Gasteiger partial charge in [0.15, 0.2) is 11.5 Å². The summed E-state index contributed by atoms with van der Waals surface area (Å²) >= 11 is 0. The van der Waals surface area contributed by atoms with Crippen LogP contribution in [-0.4, -0.2) is 54.1 Å². The minimum absolute atomic E-state index is 0.0630. The molecule has 2 heterocycles. The van der Waals surface area contributed by atoms with Gasteiger partial charge in [-0.05, 0) is 7.05 Å². The van der Waals surface area contributed by atoms with Gasteiger partial charge in [0.05, 0.1) is 0 Å². The summed E-state index contributed by atoms with van der Waals surface area (Å²) in [4.78, 5) is 10.1. The average molecular weight is 351 g/mol. The minimum atomic E-state index is -4.52.